The van der Waals surface area contributed by atoms with Gasteiger partial charge in [0, 0.05) is 30.1 Å². The third kappa shape index (κ3) is 4.02. The summed E-state index contributed by atoms with van der Waals surface area (Å²) in [6.07, 6.45) is 7.74. The fraction of sp³-hybridized carbons (Fsp3) is 0.381. The van der Waals surface area contributed by atoms with Gasteiger partial charge in [0.2, 0.25) is 5.91 Å². The molecule has 0 bridgehead atoms. The number of nitrogens with one attached hydrogen (secondary N) is 1. The zero-order chi connectivity index (χ0) is 20.3. The average Bonchev–Trinajstić information content (AvgIpc) is 3.57. The Balaban J connectivity index is 1.21. The number of aromatic nitrogens is 5. The predicted molar refractivity (Wildman–Crippen MR) is 114 cm³/mol. The molecule has 1 aliphatic heterocycles. The number of aromatic amines is 1. The summed E-state index contributed by atoms with van der Waals surface area (Å²) in [7, 11) is 0. The molecule has 2 fully saturated rings. The third-order valence-corrected chi connectivity index (χ3v) is 6.43. The van der Waals surface area contributed by atoms with Gasteiger partial charge in [-0.15, -0.1) is 10.2 Å². The fourth-order valence-corrected chi connectivity index (χ4v) is 4.64. The Morgan fingerprint density at radius 1 is 1.07 bits per heavy atom. The first-order chi connectivity index (χ1) is 14.8. The summed E-state index contributed by atoms with van der Waals surface area (Å²) in [5, 5.41) is 9.63. The topological polar surface area (TPSA) is 81.3 Å². The third-order valence-electron chi connectivity index (χ3n) is 5.51. The van der Waals surface area contributed by atoms with Gasteiger partial charge in [0.15, 0.2) is 11.0 Å². The van der Waals surface area contributed by atoms with E-state index in [2.05, 4.69) is 35.7 Å². The van der Waals surface area contributed by atoms with Crippen LogP contribution in [0.3, 0.4) is 0 Å². The van der Waals surface area contributed by atoms with Crippen LogP contribution in [-0.4, -0.2) is 62.5 Å². The lowest BCUT2D eigenvalue weighted by Gasteiger charge is -2.30. The SMILES string of the molecule is O=C(CSc1nnc(-c2ccncc2)n1C1CC1)N1CCN(c2cccc[nH+]2)CC1. The lowest BCUT2D eigenvalue weighted by molar-refractivity contribution is -0.364. The van der Waals surface area contributed by atoms with Crippen LogP contribution in [0.2, 0.25) is 0 Å². The highest BCUT2D eigenvalue weighted by Crippen LogP contribution is 2.41. The molecule has 1 aliphatic carbocycles. The lowest BCUT2D eigenvalue weighted by Crippen LogP contribution is -2.50. The number of anilines is 1. The van der Waals surface area contributed by atoms with Gasteiger partial charge in [-0.1, -0.05) is 17.8 Å². The molecule has 1 amide bonds. The molecule has 2 aliphatic rings. The maximum atomic E-state index is 12.8. The first kappa shape index (κ1) is 19.0. The van der Waals surface area contributed by atoms with Gasteiger partial charge in [-0.05, 0) is 31.0 Å². The molecule has 4 heterocycles. The van der Waals surface area contributed by atoms with E-state index in [-0.39, 0.29) is 5.91 Å². The quantitative estimate of drug-likeness (QED) is 0.565. The molecule has 9 heteroatoms. The second-order valence-electron chi connectivity index (χ2n) is 7.55. The zero-order valence-electron chi connectivity index (χ0n) is 16.6. The molecule has 0 aromatic carbocycles. The first-order valence-electron chi connectivity index (χ1n) is 10.3. The van der Waals surface area contributed by atoms with Crippen molar-refractivity contribution in [2.75, 3.05) is 36.8 Å². The molecule has 1 N–H and O–H groups in total. The summed E-state index contributed by atoms with van der Waals surface area (Å²) in [5.74, 6) is 2.51. The summed E-state index contributed by atoms with van der Waals surface area (Å²) >= 11 is 1.49. The van der Waals surface area contributed by atoms with E-state index in [1.165, 1.54) is 11.8 Å². The number of carbonyl (C=O) groups excluding carboxylic acids is 1. The van der Waals surface area contributed by atoms with Crippen LogP contribution < -0.4 is 9.88 Å². The zero-order valence-corrected chi connectivity index (χ0v) is 17.5. The number of amides is 1. The van der Waals surface area contributed by atoms with Crippen LogP contribution in [0.15, 0.2) is 54.1 Å². The summed E-state index contributed by atoms with van der Waals surface area (Å²) in [4.78, 5) is 24.4. The Kier molecular flexibility index (Phi) is 5.35. The van der Waals surface area contributed by atoms with E-state index in [1.54, 1.807) is 12.4 Å². The van der Waals surface area contributed by atoms with Crippen molar-refractivity contribution in [3.63, 3.8) is 0 Å². The minimum Gasteiger partial charge on any atom is -0.334 e. The molecule has 1 saturated heterocycles. The molecular formula is C21H24N7OS+. The Labute approximate surface area is 179 Å². The predicted octanol–water partition coefficient (Wildman–Crippen LogP) is 1.93. The molecule has 154 valence electrons. The van der Waals surface area contributed by atoms with Crippen molar-refractivity contribution < 1.29 is 9.78 Å². The van der Waals surface area contributed by atoms with Crippen molar-refractivity contribution in [3.05, 3.63) is 48.9 Å². The smallest absolute Gasteiger partial charge is 0.274 e. The maximum Gasteiger partial charge on any atom is 0.274 e. The highest BCUT2D eigenvalue weighted by molar-refractivity contribution is 7.99. The van der Waals surface area contributed by atoms with Gasteiger partial charge in [-0.2, -0.15) is 0 Å². The van der Waals surface area contributed by atoms with Gasteiger partial charge in [-0.25, -0.2) is 4.98 Å². The fourth-order valence-electron chi connectivity index (χ4n) is 3.73. The van der Waals surface area contributed by atoms with Gasteiger partial charge in [0.25, 0.3) is 5.82 Å². The maximum absolute atomic E-state index is 12.8. The molecule has 0 spiro atoms. The highest BCUT2D eigenvalue weighted by atomic mass is 32.2. The largest absolute Gasteiger partial charge is 0.334 e. The number of carbonyl (C=O) groups is 1. The van der Waals surface area contributed by atoms with Gasteiger partial charge in [0.1, 0.15) is 13.1 Å². The second-order valence-corrected chi connectivity index (χ2v) is 8.49. The van der Waals surface area contributed by atoms with E-state index in [9.17, 15) is 4.79 Å². The number of hydrogen-bond acceptors (Lipinski definition) is 6. The van der Waals surface area contributed by atoms with Crippen LogP contribution in [0.25, 0.3) is 11.4 Å². The summed E-state index contributed by atoms with van der Waals surface area (Å²) in [5.41, 5.74) is 1.01. The van der Waals surface area contributed by atoms with Crippen LogP contribution >= 0.6 is 11.8 Å². The molecule has 0 radical (unpaired) electrons. The lowest BCUT2D eigenvalue weighted by atomic mass is 10.2. The molecule has 3 aromatic heterocycles. The van der Waals surface area contributed by atoms with E-state index in [0.29, 0.717) is 11.8 Å². The Morgan fingerprint density at radius 2 is 1.87 bits per heavy atom. The number of rotatable bonds is 6. The van der Waals surface area contributed by atoms with E-state index >= 15 is 0 Å². The van der Waals surface area contributed by atoms with Gasteiger partial charge < -0.3 is 4.90 Å². The molecule has 5 rings (SSSR count). The minimum absolute atomic E-state index is 0.160. The van der Waals surface area contributed by atoms with Crippen molar-refractivity contribution in [2.45, 2.75) is 24.0 Å². The van der Waals surface area contributed by atoms with Gasteiger partial charge >= 0.3 is 0 Å². The standard InChI is InChI=1S/C21H23N7OS/c29-19(27-13-11-26(12-14-27)18-3-1-2-8-23-18)15-30-21-25-24-20(28(21)17-4-5-17)16-6-9-22-10-7-16/h1-3,6-10,17H,4-5,11-15H2/p+1. The molecule has 1 saturated carbocycles. The van der Waals surface area contributed by atoms with E-state index in [1.807, 2.05) is 35.4 Å². The summed E-state index contributed by atoms with van der Waals surface area (Å²) in [6.45, 7) is 3.14. The van der Waals surface area contributed by atoms with Crippen molar-refractivity contribution in [2.24, 2.45) is 0 Å². The van der Waals surface area contributed by atoms with Crippen molar-refractivity contribution >= 4 is 23.5 Å². The summed E-state index contributed by atoms with van der Waals surface area (Å²) < 4.78 is 2.19. The molecule has 0 unspecified atom stereocenters. The molecular weight excluding hydrogens is 398 g/mol. The second kappa shape index (κ2) is 8.43. The van der Waals surface area contributed by atoms with Gasteiger partial charge in [-0.3, -0.25) is 19.2 Å². The van der Waals surface area contributed by atoms with E-state index in [0.717, 1.165) is 61.4 Å². The molecule has 3 aromatic rings. The van der Waals surface area contributed by atoms with Crippen LogP contribution in [0.5, 0.6) is 0 Å². The highest BCUT2D eigenvalue weighted by Gasteiger charge is 2.31. The molecule has 30 heavy (non-hydrogen) atoms. The number of nitrogens with zero attached hydrogens (tertiary/aromatic N) is 6. The Morgan fingerprint density at radius 3 is 2.57 bits per heavy atom. The Bertz CT molecular complexity index is 999. The van der Waals surface area contributed by atoms with Gasteiger partial charge in [0.05, 0.1) is 25.0 Å². The van der Waals surface area contributed by atoms with Crippen molar-refractivity contribution in [1.29, 1.82) is 0 Å². The number of pyridine rings is 2. The van der Waals surface area contributed by atoms with Crippen LogP contribution in [-0.2, 0) is 4.79 Å². The number of H-pyrrole nitrogens is 1. The number of thioether (sulfide) groups is 1. The van der Waals surface area contributed by atoms with Crippen LogP contribution in [0.1, 0.15) is 18.9 Å². The normalized spacial score (nSPS) is 16.7. The number of hydrogen-bond donors (Lipinski definition) is 0. The Hall–Kier alpha value is -2.94. The van der Waals surface area contributed by atoms with Crippen LogP contribution in [0, 0.1) is 0 Å². The average molecular weight is 423 g/mol. The monoisotopic (exact) mass is 422 g/mol. The van der Waals surface area contributed by atoms with Crippen molar-refractivity contribution in [1.82, 2.24) is 24.6 Å². The van der Waals surface area contributed by atoms with Crippen molar-refractivity contribution in [3.8, 4) is 11.4 Å². The van der Waals surface area contributed by atoms with Crippen LogP contribution in [0.4, 0.5) is 5.82 Å². The molecule has 8 nitrogen and oxygen atoms in total. The van der Waals surface area contributed by atoms with E-state index < -0.39 is 0 Å². The first-order valence-corrected chi connectivity index (χ1v) is 11.3. The minimum atomic E-state index is 0.160. The molecule has 0 atom stereocenters. The number of piperazine rings is 1. The van der Waals surface area contributed by atoms with E-state index in [4.69, 9.17) is 0 Å². The summed E-state index contributed by atoms with van der Waals surface area (Å²) in [6, 6.07) is 10.4.